The third-order valence-electron chi connectivity index (χ3n) is 4.52. The van der Waals surface area contributed by atoms with E-state index < -0.39 is 0 Å². The Morgan fingerprint density at radius 2 is 2.17 bits per heavy atom. The number of carbonyl (C=O) groups excluding carboxylic acids is 1. The molecule has 0 spiro atoms. The van der Waals surface area contributed by atoms with Crippen LogP contribution in [0, 0.1) is 12.8 Å². The van der Waals surface area contributed by atoms with Gasteiger partial charge in [-0.1, -0.05) is 29.8 Å². The Morgan fingerprint density at radius 3 is 2.83 bits per heavy atom. The summed E-state index contributed by atoms with van der Waals surface area (Å²) in [6.45, 7) is 5.70. The topological polar surface area (TPSA) is 46.3 Å². The maximum Gasteiger partial charge on any atom is 0.244 e. The molecule has 1 aliphatic heterocycles. The maximum atomic E-state index is 11.5. The van der Waals surface area contributed by atoms with E-state index in [1.807, 2.05) is 26.0 Å². The number of hydrogen-bond donors (Lipinski definition) is 1. The molecule has 3 nitrogen and oxygen atoms in total. The lowest BCUT2D eigenvalue weighted by Gasteiger charge is -2.16. The number of amides is 1. The summed E-state index contributed by atoms with van der Waals surface area (Å²) in [5.74, 6) is -0.0799. The summed E-state index contributed by atoms with van der Waals surface area (Å²) in [7, 11) is 0. The number of nitrogens with two attached hydrogens (primary N) is 1. The molecule has 0 radical (unpaired) electrons. The lowest BCUT2D eigenvalue weighted by atomic mass is 9.97. The zero-order chi connectivity index (χ0) is 17.3. The van der Waals surface area contributed by atoms with Crippen LogP contribution in [0.25, 0.3) is 10.4 Å². The van der Waals surface area contributed by atoms with Crippen molar-refractivity contribution in [2.75, 3.05) is 18.0 Å². The molecular formula is C19H21ClN2OS. The number of primary amides is 1. The summed E-state index contributed by atoms with van der Waals surface area (Å²) in [6.07, 6.45) is 2.81. The van der Waals surface area contributed by atoms with Crippen molar-refractivity contribution in [1.29, 1.82) is 0 Å². The first-order valence-electron chi connectivity index (χ1n) is 8.07. The second-order valence-corrected chi connectivity index (χ2v) is 7.63. The molecule has 2 heterocycles. The molecule has 0 aliphatic carbocycles. The average Bonchev–Trinajstić information content (AvgIpc) is 3.16. The Labute approximate surface area is 151 Å². The van der Waals surface area contributed by atoms with E-state index in [0.717, 1.165) is 41.2 Å². The minimum atomic E-state index is -0.303. The summed E-state index contributed by atoms with van der Waals surface area (Å²) < 4.78 is 0. The fourth-order valence-corrected chi connectivity index (χ4v) is 4.73. The van der Waals surface area contributed by atoms with E-state index in [1.165, 1.54) is 9.88 Å². The number of aryl methyl sites for hydroxylation is 1. The molecule has 1 saturated heterocycles. The number of allylic oxidation sites excluding steroid dienone is 1. The quantitative estimate of drug-likeness (QED) is 0.807. The normalized spacial score (nSPS) is 18.2. The van der Waals surface area contributed by atoms with Gasteiger partial charge in [0.25, 0.3) is 0 Å². The van der Waals surface area contributed by atoms with Crippen molar-refractivity contribution in [3.8, 4) is 10.4 Å². The predicted molar refractivity (Wildman–Crippen MR) is 103 cm³/mol. The van der Waals surface area contributed by atoms with Crippen LogP contribution in [0.5, 0.6) is 0 Å². The zero-order valence-corrected chi connectivity index (χ0v) is 15.5. The van der Waals surface area contributed by atoms with Gasteiger partial charge in [0.1, 0.15) is 0 Å². The lowest BCUT2D eigenvalue weighted by molar-refractivity contribution is -0.115. The van der Waals surface area contributed by atoms with Gasteiger partial charge in [-0.3, -0.25) is 4.79 Å². The summed E-state index contributed by atoms with van der Waals surface area (Å²) >= 11 is 8.12. The average molecular weight is 361 g/mol. The fraction of sp³-hybridized carbons (Fsp3) is 0.316. The van der Waals surface area contributed by atoms with Crippen molar-refractivity contribution in [2.24, 2.45) is 11.7 Å². The number of thiophene rings is 1. The number of anilines is 1. The lowest BCUT2D eigenvalue weighted by Crippen LogP contribution is -2.24. The molecule has 1 aliphatic rings. The SMILES string of the molecule is C/C=C(\C(N)=O)C1CCN(c2ccc(-c3ccc(C)cc3Cl)s2)C1. The highest BCUT2D eigenvalue weighted by Gasteiger charge is 2.28. The van der Waals surface area contributed by atoms with E-state index in [0.29, 0.717) is 0 Å². The Hall–Kier alpha value is -1.78. The monoisotopic (exact) mass is 360 g/mol. The van der Waals surface area contributed by atoms with Crippen LogP contribution in [0.1, 0.15) is 18.9 Å². The van der Waals surface area contributed by atoms with E-state index in [4.69, 9.17) is 17.3 Å². The summed E-state index contributed by atoms with van der Waals surface area (Å²) in [5.41, 5.74) is 8.46. The molecule has 1 fully saturated rings. The third kappa shape index (κ3) is 3.35. The van der Waals surface area contributed by atoms with Crippen LogP contribution in [-0.2, 0) is 4.79 Å². The maximum absolute atomic E-state index is 11.5. The molecule has 1 aromatic carbocycles. The molecule has 1 unspecified atom stereocenters. The van der Waals surface area contributed by atoms with E-state index in [1.54, 1.807) is 11.3 Å². The summed E-state index contributed by atoms with van der Waals surface area (Å²) in [4.78, 5) is 15.0. The van der Waals surface area contributed by atoms with Gasteiger partial charge in [-0.25, -0.2) is 0 Å². The van der Waals surface area contributed by atoms with Crippen LogP contribution >= 0.6 is 22.9 Å². The number of nitrogens with zero attached hydrogens (tertiary/aromatic N) is 1. The van der Waals surface area contributed by atoms with Crippen LogP contribution in [0.2, 0.25) is 5.02 Å². The minimum absolute atomic E-state index is 0.223. The first kappa shape index (κ1) is 17.1. The molecule has 1 amide bonds. The van der Waals surface area contributed by atoms with Gasteiger partial charge in [0.15, 0.2) is 0 Å². The molecule has 24 heavy (non-hydrogen) atoms. The highest BCUT2D eigenvalue weighted by Crippen LogP contribution is 2.39. The number of rotatable bonds is 4. The van der Waals surface area contributed by atoms with Gasteiger partial charge in [0.2, 0.25) is 5.91 Å². The molecular weight excluding hydrogens is 340 g/mol. The van der Waals surface area contributed by atoms with Crippen molar-refractivity contribution in [2.45, 2.75) is 20.3 Å². The predicted octanol–water partition coefficient (Wildman–Crippen LogP) is 4.63. The van der Waals surface area contributed by atoms with Crippen LogP contribution < -0.4 is 10.6 Å². The van der Waals surface area contributed by atoms with Crippen molar-refractivity contribution >= 4 is 33.8 Å². The second kappa shape index (κ2) is 6.99. The summed E-state index contributed by atoms with van der Waals surface area (Å²) in [5, 5.41) is 2.00. The smallest absolute Gasteiger partial charge is 0.244 e. The van der Waals surface area contributed by atoms with Gasteiger partial charge >= 0.3 is 0 Å². The number of hydrogen-bond acceptors (Lipinski definition) is 3. The third-order valence-corrected chi connectivity index (χ3v) is 6.01. The van der Waals surface area contributed by atoms with Gasteiger partial charge in [-0.15, -0.1) is 11.3 Å². The second-order valence-electron chi connectivity index (χ2n) is 6.16. The molecule has 1 aromatic heterocycles. The zero-order valence-electron chi connectivity index (χ0n) is 13.9. The standard InChI is InChI=1S/C19H21ClN2OS/c1-3-14(19(21)23)13-8-9-22(11-13)18-7-6-17(24-18)15-5-4-12(2)10-16(15)20/h3-7,10,13H,8-9,11H2,1-2H3,(H2,21,23)/b14-3-. The Morgan fingerprint density at radius 1 is 1.38 bits per heavy atom. The van der Waals surface area contributed by atoms with Crippen LogP contribution in [0.3, 0.4) is 0 Å². The molecule has 5 heteroatoms. The van der Waals surface area contributed by atoms with Crippen molar-refractivity contribution in [1.82, 2.24) is 0 Å². The highest BCUT2D eigenvalue weighted by atomic mass is 35.5. The Balaban J connectivity index is 1.78. The van der Waals surface area contributed by atoms with E-state index >= 15 is 0 Å². The van der Waals surface area contributed by atoms with Gasteiger partial charge in [0.05, 0.1) is 5.00 Å². The summed E-state index contributed by atoms with van der Waals surface area (Å²) in [6, 6.07) is 10.4. The molecule has 0 saturated carbocycles. The van der Waals surface area contributed by atoms with Crippen molar-refractivity contribution < 1.29 is 4.79 Å². The minimum Gasteiger partial charge on any atom is -0.366 e. The molecule has 0 bridgehead atoms. The largest absolute Gasteiger partial charge is 0.366 e. The van der Waals surface area contributed by atoms with Crippen molar-refractivity contribution in [3.63, 3.8) is 0 Å². The molecule has 126 valence electrons. The van der Waals surface area contributed by atoms with Crippen LogP contribution in [0.4, 0.5) is 5.00 Å². The molecule has 3 rings (SSSR count). The van der Waals surface area contributed by atoms with Gasteiger partial charge in [-0.2, -0.15) is 0 Å². The number of carbonyl (C=O) groups is 1. The van der Waals surface area contributed by atoms with E-state index in [-0.39, 0.29) is 11.8 Å². The van der Waals surface area contributed by atoms with E-state index in [2.05, 4.69) is 29.2 Å². The first-order chi connectivity index (χ1) is 11.5. The molecule has 1 atom stereocenters. The molecule has 2 aromatic rings. The van der Waals surface area contributed by atoms with Gasteiger partial charge < -0.3 is 10.6 Å². The van der Waals surface area contributed by atoms with Gasteiger partial charge in [0, 0.05) is 40.0 Å². The Bertz CT molecular complexity index is 796. The number of halogens is 1. The molecule has 2 N–H and O–H groups in total. The van der Waals surface area contributed by atoms with Gasteiger partial charge in [-0.05, 0) is 44.0 Å². The fourth-order valence-electron chi connectivity index (χ4n) is 3.26. The van der Waals surface area contributed by atoms with Crippen LogP contribution in [-0.4, -0.2) is 19.0 Å². The Kier molecular flexibility index (Phi) is 4.97. The van der Waals surface area contributed by atoms with Crippen molar-refractivity contribution in [3.05, 3.63) is 52.6 Å². The first-order valence-corrected chi connectivity index (χ1v) is 9.26. The van der Waals surface area contributed by atoms with E-state index in [9.17, 15) is 4.79 Å². The van der Waals surface area contributed by atoms with Crippen LogP contribution in [0.15, 0.2) is 42.0 Å². The highest BCUT2D eigenvalue weighted by molar-refractivity contribution is 7.19. The number of benzene rings is 1.